The first-order valence-electron chi connectivity index (χ1n) is 7.93. The summed E-state index contributed by atoms with van der Waals surface area (Å²) in [6.45, 7) is 1.92. The van der Waals surface area contributed by atoms with Crippen molar-refractivity contribution >= 4 is 17.2 Å². The van der Waals surface area contributed by atoms with Crippen molar-refractivity contribution in [1.82, 2.24) is 15.3 Å². The first kappa shape index (κ1) is 16.1. The molecule has 1 atom stereocenters. The molecule has 2 N–H and O–H groups in total. The number of carbonyl (C=O) groups is 1. The molecule has 6 heteroatoms. The average Bonchev–Trinajstić information content (AvgIpc) is 3.17. The standard InChI is InChI=1S/C17H21N3O2S/c1-12(19-15(21)10-17(22)6-2-3-7-17)16-20-14(11-23-16)13-4-8-18-9-5-13/h4-5,8-9,11-12,22H,2-3,6-7,10H2,1H3,(H,19,21). The first-order chi connectivity index (χ1) is 11.1. The summed E-state index contributed by atoms with van der Waals surface area (Å²) in [5.74, 6) is -0.109. The number of pyridine rings is 1. The van der Waals surface area contributed by atoms with Crippen molar-refractivity contribution in [3.63, 3.8) is 0 Å². The molecule has 0 aliphatic heterocycles. The van der Waals surface area contributed by atoms with Gasteiger partial charge < -0.3 is 10.4 Å². The van der Waals surface area contributed by atoms with Crippen LogP contribution in [0, 0.1) is 0 Å². The third-order valence-electron chi connectivity index (χ3n) is 4.27. The molecule has 2 heterocycles. The predicted octanol–water partition coefficient (Wildman–Crippen LogP) is 3.08. The van der Waals surface area contributed by atoms with E-state index in [4.69, 9.17) is 0 Å². The van der Waals surface area contributed by atoms with Gasteiger partial charge in [-0.2, -0.15) is 0 Å². The number of aromatic nitrogens is 2. The van der Waals surface area contributed by atoms with Crippen LogP contribution in [0.2, 0.25) is 0 Å². The van der Waals surface area contributed by atoms with Crippen LogP contribution in [0.25, 0.3) is 11.3 Å². The lowest BCUT2D eigenvalue weighted by Crippen LogP contribution is -2.35. The molecule has 1 fully saturated rings. The molecule has 0 saturated heterocycles. The van der Waals surface area contributed by atoms with E-state index < -0.39 is 5.60 Å². The van der Waals surface area contributed by atoms with E-state index in [-0.39, 0.29) is 18.4 Å². The molecule has 1 amide bonds. The molecule has 3 rings (SSSR count). The molecule has 0 aromatic carbocycles. The Morgan fingerprint density at radius 2 is 2.09 bits per heavy atom. The Labute approximate surface area is 139 Å². The van der Waals surface area contributed by atoms with Crippen molar-refractivity contribution < 1.29 is 9.90 Å². The molecule has 1 saturated carbocycles. The van der Waals surface area contributed by atoms with Crippen LogP contribution >= 0.6 is 11.3 Å². The fourth-order valence-electron chi connectivity index (χ4n) is 3.00. The zero-order valence-corrected chi connectivity index (χ0v) is 14.0. The Balaban J connectivity index is 1.61. The summed E-state index contributed by atoms with van der Waals surface area (Å²) in [5, 5.41) is 16.1. The van der Waals surface area contributed by atoms with Gasteiger partial charge in [-0.25, -0.2) is 4.98 Å². The number of hydrogen-bond donors (Lipinski definition) is 2. The quantitative estimate of drug-likeness (QED) is 0.883. The van der Waals surface area contributed by atoms with Gasteiger partial charge in [0.25, 0.3) is 0 Å². The average molecular weight is 331 g/mol. The van der Waals surface area contributed by atoms with Gasteiger partial charge in [0.05, 0.1) is 23.8 Å². The maximum absolute atomic E-state index is 12.2. The van der Waals surface area contributed by atoms with Crippen LogP contribution in [0.1, 0.15) is 50.1 Å². The van der Waals surface area contributed by atoms with Crippen LogP contribution in [-0.4, -0.2) is 26.6 Å². The van der Waals surface area contributed by atoms with Crippen LogP contribution in [0.4, 0.5) is 0 Å². The van der Waals surface area contributed by atoms with Crippen LogP contribution in [0.15, 0.2) is 29.9 Å². The van der Waals surface area contributed by atoms with Crippen LogP contribution in [0.5, 0.6) is 0 Å². The molecule has 2 aromatic heterocycles. The third kappa shape index (κ3) is 3.95. The fraction of sp³-hybridized carbons (Fsp3) is 0.471. The van der Waals surface area contributed by atoms with Crippen molar-refractivity contribution in [3.8, 4) is 11.3 Å². The van der Waals surface area contributed by atoms with E-state index >= 15 is 0 Å². The van der Waals surface area contributed by atoms with Crippen molar-refractivity contribution in [2.24, 2.45) is 0 Å². The zero-order valence-electron chi connectivity index (χ0n) is 13.2. The number of amides is 1. The smallest absolute Gasteiger partial charge is 0.223 e. The number of nitrogens with one attached hydrogen (secondary N) is 1. The van der Waals surface area contributed by atoms with E-state index in [0.29, 0.717) is 0 Å². The lowest BCUT2D eigenvalue weighted by Gasteiger charge is -2.22. The normalized spacial score (nSPS) is 17.8. The molecular weight excluding hydrogens is 310 g/mol. The summed E-state index contributed by atoms with van der Waals surface area (Å²) >= 11 is 1.53. The zero-order chi connectivity index (χ0) is 16.3. The molecule has 0 bridgehead atoms. The molecule has 1 unspecified atom stereocenters. The van der Waals surface area contributed by atoms with Crippen molar-refractivity contribution in [1.29, 1.82) is 0 Å². The van der Waals surface area contributed by atoms with Gasteiger partial charge in [0, 0.05) is 23.3 Å². The van der Waals surface area contributed by atoms with E-state index in [1.165, 1.54) is 11.3 Å². The molecule has 1 aliphatic carbocycles. The maximum atomic E-state index is 12.2. The second-order valence-corrected chi connectivity index (χ2v) is 7.09. The Kier molecular flexibility index (Phi) is 4.73. The van der Waals surface area contributed by atoms with Crippen LogP contribution in [0.3, 0.4) is 0 Å². The van der Waals surface area contributed by atoms with Gasteiger partial charge >= 0.3 is 0 Å². The second kappa shape index (κ2) is 6.76. The third-order valence-corrected chi connectivity index (χ3v) is 5.30. The first-order valence-corrected chi connectivity index (χ1v) is 8.81. The minimum Gasteiger partial charge on any atom is -0.389 e. The van der Waals surface area contributed by atoms with Crippen molar-refractivity contribution in [2.75, 3.05) is 0 Å². The van der Waals surface area contributed by atoms with E-state index in [0.717, 1.165) is 41.9 Å². The summed E-state index contributed by atoms with van der Waals surface area (Å²) in [4.78, 5) is 20.8. The Morgan fingerprint density at radius 1 is 1.39 bits per heavy atom. The molecule has 0 radical (unpaired) electrons. The van der Waals surface area contributed by atoms with Gasteiger partial charge in [0.1, 0.15) is 5.01 Å². The van der Waals surface area contributed by atoms with E-state index in [2.05, 4.69) is 15.3 Å². The summed E-state index contributed by atoms with van der Waals surface area (Å²) in [7, 11) is 0. The Morgan fingerprint density at radius 3 is 2.78 bits per heavy atom. The van der Waals surface area contributed by atoms with Gasteiger partial charge in [-0.3, -0.25) is 9.78 Å². The van der Waals surface area contributed by atoms with Crippen molar-refractivity contribution in [2.45, 2.75) is 50.7 Å². The number of carbonyl (C=O) groups excluding carboxylic acids is 1. The van der Waals surface area contributed by atoms with E-state index in [1.54, 1.807) is 12.4 Å². The Hall–Kier alpha value is -1.79. The topological polar surface area (TPSA) is 75.1 Å². The van der Waals surface area contributed by atoms with Gasteiger partial charge in [0.2, 0.25) is 5.91 Å². The number of aliphatic hydroxyl groups is 1. The molecule has 122 valence electrons. The lowest BCUT2D eigenvalue weighted by molar-refractivity contribution is -0.126. The second-order valence-electron chi connectivity index (χ2n) is 6.20. The Bertz CT molecular complexity index is 665. The summed E-state index contributed by atoms with van der Waals surface area (Å²) in [6.07, 6.45) is 7.10. The number of nitrogens with zero attached hydrogens (tertiary/aromatic N) is 2. The van der Waals surface area contributed by atoms with E-state index in [1.807, 2.05) is 24.4 Å². The van der Waals surface area contributed by atoms with Gasteiger partial charge in [-0.05, 0) is 31.9 Å². The minimum atomic E-state index is -0.811. The maximum Gasteiger partial charge on any atom is 0.223 e. The fourth-order valence-corrected chi connectivity index (χ4v) is 3.84. The highest BCUT2D eigenvalue weighted by Crippen LogP contribution is 2.32. The summed E-state index contributed by atoms with van der Waals surface area (Å²) < 4.78 is 0. The van der Waals surface area contributed by atoms with E-state index in [9.17, 15) is 9.90 Å². The number of rotatable bonds is 5. The predicted molar refractivity (Wildman–Crippen MR) is 89.9 cm³/mol. The molecule has 23 heavy (non-hydrogen) atoms. The largest absolute Gasteiger partial charge is 0.389 e. The van der Waals surface area contributed by atoms with Gasteiger partial charge in [0.15, 0.2) is 0 Å². The minimum absolute atomic E-state index is 0.109. The SMILES string of the molecule is CC(NC(=O)CC1(O)CCCC1)c1nc(-c2ccncc2)cs1. The molecular formula is C17H21N3O2S. The number of hydrogen-bond acceptors (Lipinski definition) is 5. The van der Waals surface area contributed by atoms with Crippen LogP contribution in [-0.2, 0) is 4.79 Å². The highest BCUT2D eigenvalue weighted by Gasteiger charge is 2.33. The highest BCUT2D eigenvalue weighted by molar-refractivity contribution is 7.10. The number of thiazole rings is 1. The highest BCUT2D eigenvalue weighted by atomic mass is 32.1. The van der Waals surface area contributed by atoms with Gasteiger partial charge in [-0.1, -0.05) is 12.8 Å². The summed E-state index contributed by atoms with van der Waals surface area (Å²) in [5.41, 5.74) is 1.10. The van der Waals surface area contributed by atoms with Crippen molar-refractivity contribution in [3.05, 3.63) is 34.9 Å². The monoisotopic (exact) mass is 331 g/mol. The van der Waals surface area contributed by atoms with Gasteiger partial charge in [-0.15, -0.1) is 11.3 Å². The molecule has 0 spiro atoms. The molecule has 2 aromatic rings. The van der Waals surface area contributed by atoms with Crippen LogP contribution < -0.4 is 5.32 Å². The lowest BCUT2D eigenvalue weighted by atomic mass is 9.97. The molecule has 5 nitrogen and oxygen atoms in total. The molecule has 1 aliphatic rings. The summed E-state index contributed by atoms with van der Waals surface area (Å²) in [6, 6.07) is 3.67.